The molecule has 1 aliphatic carbocycles. The van der Waals surface area contributed by atoms with Crippen LogP contribution in [0.2, 0.25) is 0 Å². The van der Waals surface area contributed by atoms with Crippen LogP contribution in [0.4, 0.5) is 0 Å². The lowest BCUT2D eigenvalue weighted by molar-refractivity contribution is -0.121. The van der Waals surface area contributed by atoms with Crippen molar-refractivity contribution in [3.63, 3.8) is 0 Å². The van der Waals surface area contributed by atoms with Crippen molar-refractivity contribution in [2.45, 2.75) is 37.0 Å². The molecule has 1 aliphatic rings. The molecule has 0 spiro atoms. The van der Waals surface area contributed by atoms with E-state index in [0.29, 0.717) is 4.47 Å². The largest absolute Gasteiger partial charge is 0.298 e. The van der Waals surface area contributed by atoms with Gasteiger partial charge in [0.15, 0.2) is 15.6 Å². The number of carbonyl (C=O) groups excluding carboxylic acids is 1. The molecule has 0 unspecified atom stereocenters. The molecule has 104 valence electrons. The SMILES string of the molecule is O=C(CS(=O)(=O)c1cccc(Br)c1)C1CCCCC1. The molecule has 0 radical (unpaired) electrons. The summed E-state index contributed by atoms with van der Waals surface area (Å²) in [6, 6.07) is 6.52. The first kappa shape index (κ1) is 14.7. The van der Waals surface area contributed by atoms with Crippen LogP contribution in [0.5, 0.6) is 0 Å². The quantitative estimate of drug-likeness (QED) is 0.841. The van der Waals surface area contributed by atoms with Gasteiger partial charge in [-0.1, -0.05) is 41.3 Å². The van der Waals surface area contributed by atoms with E-state index in [4.69, 9.17) is 0 Å². The highest BCUT2D eigenvalue weighted by atomic mass is 79.9. The van der Waals surface area contributed by atoms with Crippen molar-refractivity contribution < 1.29 is 13.2 Å². The molecule has 0 saturated heterocycles. The molecule has 2 rings (SSSR count). The third-order valence-electron chi connectivity index (χ3n) is 3.55. The van der Waals surface area contributed by atoms with Gasteiger partial charge >= 0.3 is 0 Å². The molecule has 0 amide bonds. The van der Waals surface area contributed by atoms with Crippen LogP contribution >= 0.6 is 15.9 Å². The Morgan fingerprint density at radius 2 is 1.89 bits per heavy atom. The molecule has 0 aliphatic heterocycles. The van der Waals surface area contributed by atoms with Gasteiger partial charge in [-0.25, -0.2) is 8.42 Å². The molecule has 1 aromatic rings. The molecule has 0 heterocycles. The van der Waals surface area contributed by atoms with E-state index in [9.17, 15) is 13.2 Å². The van der Waals surface area contributed by atoms with Crippen molar-refractivity contribution in [2.75, 3.05) is 5.75 Å². The maximum absolute atomic E-state index is 12.2. The number of hydrogen-bond acceptors (Lipinski definition) is 3. The molecule has 5 heteroatoms. The van der Waals surface area contributed by atoms with E-state index in [2.05, 4.69) is 15.9 Å². The first-order valence-corrected chi connectivity index (χ1v) is 8.94. The van der Waals surface area contributed by atoms with Gasteiger partial charge in [-0.15, -0.1) is 0 Å². The minimum Gasteiger partial charge on any atom is -0.298 e. The average Bonchev–Trinajstić information content (AvgIpc) is 2.39. The van der Waals surface area contributed by atoms with Crippen LogP contribution in [0.3, 0.4) is 0 Å². The normalized spacial score (nSPS) is 17.3. The zero-order valence-corrected chi connectivity index (χ0v) is 13.0. The fraction of sp³-hybridized carbons (Fsp3) is 0.500. The van der Waals surface area contributed by atoms with E-state index >= 15 is 0 Å². The van der Waals surface area contributed by atoms with Crippen molar-refractivity contribution in [1.29, 1.82) is 0 Å². The van der Waals surface area contributed by atoms with Gasteiger partial charge in [0.05, 0.1) is 4.90 Å². The fourth-order valence-corrected chi connectivity index (χ4v) is 4.39. The monoisotopic (exact) mass is 344 g/mol. The molecule has 19 heavy (non-hydrogen) atoms. The molecule has 0 atom stereocenters. The predicted octanol–water partition coefficient (Wildman–Crippen LogP) is 3.37. The second kappa shape index (κ2) is 6.18. The lowest BCUT2D eigenvalue weighted by Crippen LogP contribution is -2.25. The van der Waals surface area contributed by atoms with E-state index in [1.54, 1.807) is 18.2 Å². The van der Waals surface area contributed by atoms with Gasteiger partial charge in [-0.05, 0) is 31.0 Å². The first-order valence-electron chi connectivity index (χ1n) is 6.50. The van der Waals surface area contributed by atoms with Crippen LogP contribution in [0, 0.1) is 5.92 Å². The third-order valence-corrected chi connectivity index (χ3v) is 5.68. The van der Waals surface area contributed by atoms with Crippen LogP contribution in [0.15, 0.2) is 33.6 Å². The summed E-state index contributed by atoms with van der Waals surface area (Å²) in [5.41, 5.74) is 0. The van der Waals surface area contributed by atoms with Gasteiger partial charge in [0.2, 0.25) is 0 Å². The molecule has 1 saturated carbocycles. The van der Waals surface area contributed by atoms with E-state index < -0.39 is 9.84 Å². The van der Waals surface area contributed by atoms with Gasteiger partial charge in [0.25, 0.3) is 0 Å². The topological polar surface area (TPSA) is 51.2 Å². The molecule has 0 aromatic heterocycles. The minimum absolute atomic E-state index is 0.0596. The lowest BCUT2D eigenvalue weighted by atomic mass is 9.87. The smallest absolute Gasteiger partial charge is 0.185 e. The molecule has 1 aromatic carbocycles. The summed E-state index contributed by atoms with van der Waals surface area (Å²) >= 11 is 3.25. The minimum atomic E-state index is -3.51. The molecule has 0 N–H and O–H groups in total. The molecule has 1 fully saturated rings. The van der Waals surface area contributed by atoms with Crippen LogP contribution in [-0.4, -0.2) is 20.0 Å². The van der Waals surface area contributed by atoms with Crippen molar-refractivity contribution in [3.8, 4) is 0 Å². The van der Waals surface area contributed by atoms with Crippen molar-refractivity contribution in [1.82, 2.24) is 0 Å². The summed E-state index contributed by atoms with van der Waals surface area (Å²) < 4.78 is 25.1. The Bertz CT molecular complexity index is 560. The number of hydrogen-bond donors (Lipinski definition) is 0. The number of halogens is 1. The van der Waals surface area contributed by atoms with Gasteiger partial charge in [0, 0.05) is 10.4 Å². The number of rotatable bonds is 4. The number of sulfone groups is 1. The van der Waals surface area contributed by atoms with Crippen LogP contribution < -0.4 is 0 Å². The molecular weight excluding hydrogens is 328 g/mol. The summed E-state index contributed by atoms with van der Waals surface area (Å²) in [6.07, 6.45) is 4.91. The Morgan fingerprint density at radius 1 is 1.21 bits per heavy atom. The number of ketones is 1. The highest BCUT2D eigenvalue weighted by molar-refractivity contribution is 9.10. The van der Waals surface area contributed by atoms with Gasteiger partial charge in [0.1, 0.15) is 5.75 Å². The highest BCUT2D eigenvalue weighted by Gasteiger charge is 2.26. The van der Waals surface area contributed by atoms with E-state index in [0.717, 1.165) is 32.1 Å². The van der Waals surface area contributed by atoms with Crippen molar-refractivity contribution >= 4 is 31.6 Å². The van der Waals surface area contributed by atoms with Crippen molar-refractivity contribution in [2.24, 2.45) is 5.92 Å². The van der Waals surface area contributed by atoms with Crippen LogP contribution in [-0.2, 0) is 14.6 Å². The second-order valence-electron chi connectivity index (χ2n) is 5.02. The Labute approximate surface area is 122 Å². The maximum atomic E-state index is 12.2. The van der Waals surface area contributed by atoms with Crippen LogP contribution in [0.1, 0.15) is 32.1 Å². The number of benzene rings is 1. The maximum Gasteiger partial charge on any atom is 0.185 e. The molecule has 3 nitrogen and oxygen atoms in total. The third kappa shape index (κ3) is 3.89. The van der Waals surface area contributed by atoms with Gasteiger partial charge < -0.3 is 0 Å². The molecule has 0 bridgehead atoms. The predicted molar refractivity (Wildman–Crippen MR) is 77.8 cm³/mol. The zero-order valence-electron chi connectivity index (χ0n) is 10.6. The van der Waals surface area contributed by atoms with Crippen molar-refractivity contribution in [3.05, 3.63) is 28.7 Å². The average molecular weight is 345 g/mol. The van der Waals surface area contributed by atoms with Gasteiger partial charge in [-0.2, -0.15) is 0 Å². The summed E-state index contributed by atoms with van der Waals surface area (Å²) in [7, 11) is -3.51. The second-order valence-corrected chi connectivity index (χ2v) is 7.92. The fourth-order valence-electron chi connectivity index (χ4n) is 2.47. The number of Topliss-reactive ketones (excluding diaryl/α,β-unsaturated/α-hetero) is 1. The Morgan fingerprint density at radius 3 is 2.53 bits per heavy atom. The Hall–Kier alpha value is -0.680. The summed E-state index contributed by atoms with van der Waals surface area (Å²) in [5.74, 6) is -0.552. The zero-order chi connectivity index (χ0) is 13.9. The Balaban J connectivity index is 2.10. The molecular formula is C14H17BrO3S. The first-order chi connectivity index (χ1) is 8.99. The lowest BCUT2D eigenvalue weighted by Gasteiger charge is -2.20. The summed E-state index contributed by atoms with van der Waals surface area (Å²) in [4.78, 5) is 12.3. The van der Waals surface area contributed by atoms with Crippen LogP contribution in [0.25, 0.3) is 0 Å². The standard InChI is InChI=1S/C14H17BrO3S/c15-12-7-4-8-13(9-12)19(17,18)10-14(16)11-5-2-1-3-6-11/h4,7-9,11H,1-3,5-6,10H2. The summed E-state index contributed by atoms with van der Waals surface area (Å²) in [5, 5.41) is 0. The van der Waals surface area contributed by atoms with E-state index in [-0.39, 0.29) is 22.3 Å². The van der Waals surface area contributed by atoms with E-state index in [1.165, 1.54) is 6.07 Å². The number of carbonyl (C=O) groups is 1. The summed E-state index contributed by atoms with van der Waals surface area (Å²) in [6.45, 7) is 0. The van der Waals surface area contributed by atoms with E-state index in [1.807, 2.05) is 0 Å². The Kier molecular flexibility index (Phi) is 4.79. The van der Waals surface area contributed by atoms with Gasteiger partial charge in [-0.3, -0.25) is 4.79 Å². The highest BCUT2D eigenvalue weighted by Crippen LogP contribution is 2.26.